The van der Waals surface area contributed by atoms with Crippen molar-refractivity contribution in [3.63, 3.8) is 0 Å². The summed E-state index contributed by atoms with van der Waals surface area (Å²) < 4.78 is 28.3. The Kier molecular flexibility index (Phi) is 8.06. The van der Waals surface area contributed by atoms with E-state index in [1.807, 2.05) is 0 Å². The van der Waals surface area contributed by atoms with Gasteiger partial charge in [0, 0.05) is 39.3 Å². The molecular formula is C13H27ClN4O3S. The van der Waals surface area contributed by atoms with E-state index in [9.17, 15) is 13.2 Å². The Morgan fingerprint density at radius 1 is 1.09 bits per heavy atom. The second-order valence-electron chi connectivity index (χ2n) is 5.74. The van der Waals surface area contributed by atoms with Crippen molar-refractivity contribution in [1.29, 1.82) is 0 Å². The molecule has 1 unspecified atom stereocenters. The van der Waals surface area contributed by atoms with Gasteiger partial charge in [0.15, 0.2) is 0 Å². The number of piperidine rings is 2. The molecule has 2 heterocycles. The van der Waals surface area contributed by atoms with E-state index in [0.29, 0.717) is 32.7 Å². The van der Waals surface area contributed by atoms with Crippen LogP contribution in [0, 0.1) is 5.92 Å². The van der Waals surface area contributed by atoms with Crippen molar-refractivity contribution < 1.29 is 13.2 Å². The predicted octanol–water partition coefficient (Wildman–Crippen LogP) is -0.0742. The molecule has 2 fully saturated rings. The first kappa shape index (κ1) is 19.6. The number of carbonyl (C=O) groups excluding carboxylic acids is 1. The fourth-order valence-corrected chi connectivity index (χ4v) is 4.74. The van der Waals surface area contributed by atoms with Crippen LogP contribution >= 0.6 is 12.4 Å². The zero-order valence-corrected chi connectivity index (χ0v) is 14.5. The van der Waals surface area contributed by atoms with Gasteiger partial charge in [-0.1, -0.05) is 6.42 Å². The van der Waals surface area contributed by atoms with Gasteiger partial charge in [-0.3, -0.25) is 4.79 Å². The molecule has 0 aromatic rings. The molecular weight excluding hydrogens is 328 g/mol. The molecule has 1 amide bonds. The summed E-state index contributed by atoms with van der Waals surface area (Å²) in [5, 5.41) is 2.75. The number of nitrogens with zero attached hydrogens (tertiary/aromatic N) is 2. The molecule has 2 aliphatic heterocycles. The summed E-state index contributed by atoms with van der Waals surface area (Å²) in [5.74, 6) is -0.344. The van der Waals surface area contributed by atoms with Crippen molar-refractivity contribution >= 4 is 28.5 Å². The minimum Gasteiger partial charge on any atom is -0.355 e. The van der Waals surface area contributed by atoms with Crippen molar-refractivity contribution in [1.82, 2.24) is 13.9 Å². The van der Waals surface area contributed by atoms with Crippen LogP contribution in [0.2, 0.25) is 0 Å². The van der Waals surface area contributed by atoms with Gasteiger partial charge in [-0.05, 0) is 25.7 Å². The van der Waals surface area contributed by atoms with Crippen molar-refractivity contribution in [2.75, 3.05) is 39.3 Å². The molecule has 1 atom stereocenters. The van der Waals surface area contributed by atoms with E-state index in [2.05, 4.69) is 5.32 Å². The van der Waals surface area contributed by atoms with Crippen LogP contribution in [0.5, 0.6) is 0 Å². The van der Waals surface area contributed by atoms with Crippen LogP contribution in [-0.4, -0.2) is 62.2 Å². The van der Waals surface area contributed by atoms with Crippen LogP contribution < -0.4 is 11.1 Å². The molecule has 2 rings (SSSR count). The lowest BCUT2D eigenvalue weighted by Gasteiger charge is -2.36. The normalized spacial score (nSPS) is 24.5. The van der Waals surface area contributed by atoms with Gasteiger partial charge in [-0.15, -0.1) is 12.4 Å². The van der Waals surface area contributed by atoms with Crippen LogP contribution in [0.1, 0.15) is 32.1 Å². The summed E-state index contributed by atoms with van der Waals surface area (Å²) in [5.41, 5.74) is 5.37. The number of nitrogens with one attached hydrogen (secondary N) is 1. The lowest BCUT2D eigenvalue weighted by Crippen LogP contribution is -2.51. The lowest BCUT2D eigenvalue weighted by atomic mass is 9.99. The second-order valence-corrected chi connectivity index (χ2v) is 7.67. The first-order valence-corrected chi connectivity index (χ1v) is 9.18. The minimum atomic E-state index is -3.41. The summed E-state index contributed by atoms with van der Waals surface area (Å²) in [6.45, 7) is 2.84. The van der Waals surface area contributed by atoms with Crippen LogP contribution in [-0.2, 0) is 15.0 Å². The Morgan fingerprint density at radius 3 is 2.36 bits per heavy atom. The Hall–Kier alpha value is -0.410. The maximum Gasteiger partial charge on any atom is 0.281 e. The summed E-state index contributed by atoms with van der Waals surface area (Å²) in [7, 11) is -3.41. The highest BCUT2D eigenvalue weighted by Gasteiger charge is 2.36. The molecule has 0 aliphatic carbocycles. The van der Waals surface area contributed by atoms with Gasteiger partial charge in [-0.2, -0.15) is 17.0 Å². The lowest BCUT2D eigenvalue weighted by molar-refractivity contribution is -0.126. The maximum absolute atomic E-state index is 12.6. The average molecular weight is 355 g/mol. The number of hydrogen-bond acceptors (Lipinski definition) is 4. The summed E-state index contributed by atoms with van der Waals surface area (Å²) in [6, 6.07) is 0. The molecule has 2 aliphatic rings. The van der Waals surface area contributed by atoms with Crippen molar-refractivity contribution in [2.45, 2.75) is 32.1 Å². The van der Waals surface area contributed by atoms with Gasteiger partial charge >= 0.3 is 0 Å². The number of amides is 1. The van der Waals surface area contributed by atoms with E-state index in [-0.39, 0.29) is 30.8 Å². The maximum atomic E-state index is 12.6. The molecule has 0 saturated carbocycles. The summed E-state index contributed by atoms with van der Waals surface area (Å²) in [4.78, 5) is 12.0. The van der Waals surface area contributed by atoms with E-state index in [1.54, 1.807) is 4.31 Å². The van der Waals surface area contributed by atoms with E-state index >= 15 is 0 Å². The molecule has 9 heteroatoms. The van der Waals surface area contributed by atoms with E-state index < -0.39 is 10.2 Å². The predicted molar refractivity (Wildman–Crippen MR) is 88.0 cm³/mol. The van der Waals surface area contributed by atoms with Crippen LogP contribution in [0.25, 0.3) is 0 Å². The van der Waals surface area contributed by atoms with Crippen molar-refractivity contribution in [3.8, 4) is 0 Å². The Bertz CT molecular complexity index is 454. The minimum absolute atomic E-state index is 0. The van der Waals surface area contributed by atoms with Crippen LogP contribution in [0.15, 0.2) is 0 Å². The van der Waals surface area contributed by atoms with Gasteiger partial charge in [0.1, 0.15) is 0 Å². The van der Waals surface area contributed by atoms with Gasteiger partial charge in [-0.25, -0.2) is 0 Å². The first-order chi connectivity index (χ1) is 10.1. The highest BCUT2D eigenvalue weighted by molar-refractivity contribution is 7.86. The zero-order valence-electron chi connectivity index (χ0n) is 12.9. The molecule has 3 N–H and O–H groups in total. The van der Waals surface area contributed by atoms with Crippen LogP contribution in [0.4, 0.5) is 0 Å². The number of rotatable bonds is 5. The smallest absolute Gasteiger partial charge is 0.281 e. The van der Waals surface area contributed by atoms with Gasteiger partial charge < -0.3 is 11.1 Å². The molecule has 7 nitrogen and oxygen atoms in total. The largest absolute Gasteiger partial charge is 0.355 e. The van der Waals surface area contributed by atoms with E-state index in [4.69, 9.17) is 5.73 Å². The van der Waals surface area contributed by atoms with Gasteiger partial charge in [0.25, 0.3) is 10.2 Å². The van der Waals surface area contributed by atoms with Crippen LogP contribution in [0.3, 0.4) is 0 Å². The second kappa shape index (κ2) is 9.02. The third-order valence-corrected chi connectivity index (χ3v) is 6.17. The molecule has 0 aromatic heterocycles. The first-order valence-electron chi connectivity index (χ1n) is 7.78. The van der Waals surface area contributed by atoms with E-state index in [0.717, 1.165) is 32.1 Å². The van der Waals surface area contributed by atoms with E-state index in [1.165, 1.54) is 4.31 Å². The monoisotopic (exact) mass is 354 g/mol. The third kappa shape index (κ3) is 4.79. The third-order valence-electron chi connectivity index (χ3n) is 4.17. The highest BCUT2D eigenvalue weighted by atomic mass is 35.5. The molecule has 130 valence electrons. The van der Waals surface area contributed by atoms with Crippen molar-refractivity contribution in [2.24, 2.45) is 11.7 Å². The molecule has 2 saturated heterocycles. The molecule has 0 spiro atoms. The quantitative estimate of drug-likeness (QED) is 0.722. The number of hydrogen-bond donors (Lipinski definition) is 2. The molecule has 0 aromatic carbocycles. The van der Waals surface area contributed by atoms with Gasteiger partial charge in [0.05, 0.1) is 5.92 Å². The summed E-state index contributed by atoms with van der Waals surface area (Å²) >= 11 is 0. The molecule has 0 radical (unpaired) electrons. The summed E-state index contributed by atoms with van der Waals surface area (Å²) in [6.07, 6.45) is 4.41. The highest BCUT2D eigenvalue weighted by Crippen LogP contribution is 2.23. The zero-order chi connectivity index (χ0) is 15.3. The average Bonchev–Trinajstić information content (AvgIpc) is 2.53. The van der Waals surface area contributed by atoms with Crippen molar-refractivity contribution in [3.05, 3.63) is 0 Å². The SMILES string of the molecule is Cl.NCCNC(=O)C1CCCN(S(=O)(=O)N2CCCCC2)C1. The molecule has 0 bridgehead atoms. The fourth-order valence-electron chi connectivity index (χ4n) is 2.96. The number of carbonyl (C=O) groups is 1. The number of halogens is 1. The number of nitrogens with two attached hydrogens (primary N) is 1. The Morgan fingerprint density at radius 2 is 1.73 bits per heavy atom. The van der Waals surface area contributed by atoms with Gasteiger partial charge in [0.2, 0.25) is 5.91 Å². The Balaban J connectivity index is 0.00000242. The molecule has 22 heavy (non-hydrogen) atoms. The standard InChI is InChI=1S/C13H26N4O3S.ClH/c14-6-7-15-13(18)12-5-4-10-17(11-12)21(19,20)16-8-2-1-3-9-16;/h12H,1-11,14H2,(H,15,18);1H. The Labute approximate surface area is 139 Å². The fraction of sp³-hybridized carbons (Fsp3) is 0.923. The topological polar surface area (TPSA) is 95.7 Å².